The zero-order chi connectivity index (χ0) is 20.9. The van der Waals surface area contributed by atoms with Gasteiger partial charge in [-0.2, -0.15) is 0 Å². The first-order valence-electron chi connectivity index (χ1n) is 10.00. The van der Waals surface area contributed by atoms with Crippen molar-refractivity contribution in [3.8, 4) is 12.3 Å². The van der Waals surface area contributed by atoms with Gasteiger partial charge in [0.15, 0.2) is 0 Å². The summed E-state index contributed by atoms with van der Waals surface area (Å²) in [7, 11) is 0. The van der Waals surface area contributed by atoms with Crippen LogP contribution in [0.5, 0.6) is 0 Å². The molecule has 1 fully saturated rings. The Morgan fingerprint density at radius 3 is 2.76 bits per heavy atom. The van der Waals surface area contributed by atoms with E-state index in [1.807, 2.05) is 30.3 Å². The van der Waals surface area contributed by atoms with E-state index in [1.54, 1.807) is 16.2 Å². The van der Waals surface area contributed by atoms with Gasteiger partial charge < -0.3 is 15.0 Å². The Morgan fingerprint density at radius 1 is 1.41 bits per heavy atom. The van der Waals surface area contributed by atoms with Gasteiger partial charge in [-0.3, -0.25) is 0 Å². The minimum Gasteiger partial charge on any atom is -0.376 e. The zero-order valence-electron chi connectivity index (χ0n) is 17.4. The molecule has 1 aromatic carbocycles. The second-order valence-electron chi connectivity index (χ2n) is 8.33. The molecule has 1 N–H and O–H groups in total. The van der Waals surface area contributed by atoms with E-state index < -0.39 is 0 Å². The lowest BCUT2D eigenvalue weighted by Gasteiger charge is -2.26. The van der Waals surface area contributed by atoms with E-state index in [-0.39, 0.29) is 30.1 Å². The number of ether oxygens (including phenoxy) is 1. The molecule has 0 radical (unpaired) electrons. The van der Waals surface area contributed by atoms with Crippen LogP contribution in [0, 0.1) is 12.3 Å². The van der Waals surface area contributed by atoms with E-state index in [4.69, 9.17) is 16.1 Å². The number of rotatable bonds is 6. The largest absolute Gasteiger partial charge is 0.376 e. The SMILES string of the molecule is C#CCN(CC1CCCO1)C(=O)NC(c1ccccc1)c1nc(C(C)(C)C)cs1. The van der Waals surface area contributed by atoms with Gasteiger partial charge in [0.05, 0.1) is 18.3 Å². The third-order valence-electron chi connectivity index (χ3n) is 4.96. The Kier molecular flexibility index (Phi) is 6.94. The third-order valence-corrected chi connectivity index (χ3v) is 5.87. The van der Waals surface area contributed by atoms with Crippen molar-refractivity contribution >= 4 is 17.4 Å². The highest BCUT2D eigenvalue weighted by Crippen LogP contribution is 2.30. The van der Waals surface area contributed by atoms with Crippen molar-refractivity contribution in [2.24, 2.45) is 0 Å². The van der Waals surface area contributed by atoms with Crippen LogP contribution in [-0.2, 0) is 10.2 Å². The molecule has 2 aromatic rings. The summed E-state index contributed by atoms with van der Waals surface area (Å²) in [4.78, 5) is 19.6. The quantitative estimate of drug-likeness (QED) is 0.719. The first-order chi connectivity index (χ1) is 13.9. The van der Waals surface area contributed by atoms with E-state index in [9.17, 15) is 4.79 Å². The second-order valence-corrected chi connectivity index (χ2v) is 9.22. The average Bonchev–Trinajstić information content (AvgIpc) is 3.38. The Morgan fingerprint density at radius 2 is 2.17 bits per heavy atom. The first-order valence-corrected chi connectivity index (χ1v) is 10.9. The maximum Gasteiger partial charge on any atom is 0.319 e. The van der Waals surface area contributed by atoms with Crippen LogP contribution in [0.2, 0.25) is 0 Å². The highest BCUT2D eigenvalue weighted by molar-refractivity contribution is 7.09. The fourth-order valence-electron chi connectivity index (χ4n) is 3.28. The van der Waals surface area contributed by atoms with Crippen LogP contribution in [0.4, 0.5) is 4.79 Å². The summed E-state index contributed by atoms with van der Waals surface area (Å²) in [6.07, 6.45) is 7.56. The van der Waals surface area contributed by atoms with Gasteiger partial charge in [0.25, 0.3) is 0 Å². The molecule has 2 amide bonds. The number of benzene rings is 1. The minimum atomic E-state index is -0.324. The maximum absolute atomic E-state index is 13.1. The lowest BCUT2D eigenvalue weighted by molar-refractivity contribution is 0.0843. The van der Waals surface area contributed by atoms with Crippen LogP contribution in [0.25, 0.3) is 0 Å². The summed E-state index contributed by atoms with van der Waals surface area (Å²) in [5, 5.41) is 6.10. The molecular formula is C23H29N3O2S. The monoisotopic (exact) mass is 411 g/mol. The number of thiazole rings is 1. The van der Waals surface area contributed by atoms with E-state index in [2.05, 4.69) is 37.4 Å². The van der Waals surface area contributed by atoms with Crippen molar-refractivity contribution in [3.63, 3.8) is 0 Å². The Balaban J connectivity index is 1.83. The van der Waals surface area contributed by atoms with Gasteiger partial charge in [-0.05, 0) is 18.4 Å². The number of terminal acetylenes is 1. The summed E-state index contributed by atoms with van der Waals surface area (Å²) in [5.41, 5.74) is 1.97. The lowest BCUT2D eigenvalue weighted by atomic mass is 9.93. The van der Waals surface area contributed by atoms with Crippen molar-refractivity contribution in [2.45, 2.75) is 51.2 Å². The second kappa shape index (κ2) is 9.43. The van der Waals surface area contributed by atoms with Gasteiger partial charge in [0, 0.05) is 23.9 Å². The molecule has 5 nitrogen and oxygen atoms in total. The smallest absolute Gasteiger partial charge is 0.319 e. The van der Waals surface area contributed by atoms with E-state index in [0.717, 1.165) is 35.7 Å². The fraction of sp³-hybridized carbons (Fsp3) is 0.478. The molecule has 0 aliphatic carbocycles. The third kappa shape index (κ3) is 5.59. The molecule has 154 valence electrons. The topological polar surface area (TPSA) is 54.5 Å². The zero-order valence-corrected chi connectivity index (χ0v) is 18.2. The summed E-state index contributed by atoms with van der Waals surface area (Å²) in [6.45, 7) is 7.91. The number of carbonyl (C=O) groups is 1. The highest BCUT2D eigenvalue weighted by Gasteiger charge is 2.27. The lowest BCUT2D eigenvalue weighted by Crippen LogP contribution is -2.45. The first kappa shape index (κ1) is 21.4. The predicted molar refractivity (Wildman–Crippen MR) is 117 cm³/mol. The van der Waals surface area contributed by atoms with Crippen LogP contribution >= 0.6 is 11.3 Å². The molecule has 3 rings (SSSR count). The predicted octanol–water partition coefficient (Wildman–Crippen LogP) is 4.35. The molecule has 1 aliphatic rings. The molecule has 6 heteroatoms. The minimum absolute atomic E-state index is 0.0463. The number of hydrogen-bond acceptors (Lipinski definition) is 4. The highest BCUT2D eigenvalue weighted by atomic mass is 32.1. The average molecular weight is 412 g/mol. The van der Waals surface area contributed by atoms with Crippen molar-refractivity contribution < 1.29 is 9.53 Å². The van der Waals surface area contributed by atoms with Gasteiger partial charge in [0.2, 0.25) is 0 Å². The van der Waals surface area contributed by atoms with E-state index in [1.165, 1.54) is 0 Å². The molecule has 2 atom stereocenters. The molecule has 0 bridgehead atoms. The van der Waals surface area contributed by atoms with Crippen molar-refractivity contribution in [1.82, 2.24) is 15.2 Å². The number of amides is 2. The van der Waals surface area contributed by atoms with Crippen molar-refractivity contribution in [2.75, 3.05) is 19.7 Å². The van der Waals surface area contributed by atoms with Gasteiger partial charge in [-0.15, -0.1) is 17.8 Å². The van der Waals surface area contributed by atoms with Crippen LogP contribution in [-0.4, -0.2) is 41.7 Å². The maximum atomic E-state index is 13.1. The molecule has 1 aromatic heterocycles. The number of urea groups is 1. The van der Waals surface area contributed by atoms with E-state index in [0.29, 0.717) is 6.54 Å². The van der Waals surface area contributed by atoms with Crippen LogP contribution in [0.1, 0.15) is 55.9 Å². The van der Waals surface area contributed by atoms with Gasteiger partial charge in [-0.25, -0.2) is 9.78 Å². The number of aromatic nitrogens is 1. The standard InChI is InChI=1S/C23H29N3O2S/c1-5-13-26(15-18-12-9-14-28-18)22(27)25-20(17-10-7-6-8-11-17)21-24-19(16-29-21)23(2,3)4/h1,6-8,10-11,16,18,20H,9,12-15H2,2-4H3,(H,25,27). The summed E-state index contributed by atoms with van der Waals surface area (Å²) >= 11 is 1.57. The number of carbonyl (C=O) groups excluding carboxylic acids is 1. The van der Waals surface area contributed by atoms with Crippen LogP contribution in [0.3, 0.4) is 0 Å². The van der Waals surface area contributed by atoms with Crippen LogP contribution < -0.4 is 5.32 Å². The Labute approximate surface area is 177 Å². The van der Waals surface area contributed by atoms with Gasteiger partial charge >= 0.3 is 6.03 Å². The number of nitrogens with one attached hydrogen (secondary N) is 1. The molecule has 1 aliphatic heterocycles. The fourth-order valence-corrected chi connectivity index (χ4v) is 4.40. The molecule has 29 heavy (non-hydrogen) atoms. The Bertz CT molecular complexity index is 845. The van der Waals surface area contributed by atoms with Crippen molar-refractivity contribution in [1.29, 1.82) is 0 Å². The van der Waals surface area contributed by atoms with E-state index >= 15 is 0 Å². The normalized spacial score (nSPS) is 17.5. The summed E-state index contributed by atoms with van der Waals surface area (Å²) in [5.74, 6) is 2.60. The molecular weight excluding hydrogens is 382 g/mol. The number of nitrogens with zero attached hydrogens (tertiary/aromatic N) is 2. The molecule has 0 saturated carbocycles. The Hall–Kier alpha value is -2.36. The molecule has 1 saturated heterocycles. The summed E-state index contributed by atoms with van der Waals surface area (Å²) in [6, 6.07) is 9.40. The molecule has 2 unspecified atom stereocenters. The van der Waals surface area contributed by atoms with Crippen molar-refractivity contribution in [3.05, 3.63) is 52.0 Å². The van der Waals surface area contributed by atoms with Crippen LogP contribution in [0.15, 0.2) is 35.7 Å². The molecule has 0 spiro atoms. The number of hydrogen-bond donors (Lipinski definition) is 1. The summed E-state index contributed by atoms with van der Waals surface area (Å²) < 4.78 is 5.69. The van der Waals surface area contributed by atoms with Gasteiger partial charge in [0.1, 0.15) is 11.0 Å². The molecule has 2 heterocycles. The van der Waals surface area contributed by atoms with Gasteiger partial charge in [-0.1, -0.05) is 57.0 Å².